The van der Waals surface area contributed by atoms with Crippen molar-refractivity contribution >= 4 is 5.91 Å². The molecule has 1 aliphatic rings. The molecule has 2 aromatic rings. The molecule has 4 nitrogen and oxygen atoms in total. The van der Waals surface area contributed by atoms with Crippen molar-refractivity contribution in [3.63, 3.8) is 0 Å². The van der Waals surface area contributed by atoms with Gasteiger partial charge < -0.3 is 10.4 Å². The summed E-state index contributed by atoms with van der Waals surface area (Å²) >= 11 is 0. The summed E-state index contributed by atoms with van der Waals surface area (Å²) in [4.78, 5) is 16.6. The van der Waals surface area contributed by atoms with Gasteiger partial charge in [-0.3, -0.25) is 9.78 Å². The Morgan fingerprint density at radius 2 is 1.86 bits per heavy atom. The lowest BCUT2D eigenvalue weighted by Crippen LogP contribution is -2.45. The Balaban J connectivity index is 1.75. The van der Waals surface area contributed by atoms with E-state index in [4.69, 9.17) is 0 Å². The highest BCUT2D eigenvalue weighted by atomic mass is 16.3. The van der Waals surface area contributed by atoms with Crippen LogP contribution in [0.5, 0.6) is 0 Å². The van der Waals surface area contributed by atoms with Crippen LogP contribution in [0.1, 0.15) is 36.0 Å². The van der Waals surface area contributed by atoms with Crippen molar-refractivity contribution in [1.82, 2.24) is 10.3 Å². The van der Waals surface area contributed by atoms with E-state index in [1.807, 2.05) is 36.4 Å². The third-order valence-corrected chi connectivity index (χ3v) is 4.15. The second kappa shape index (κ2) is 6.71. The smallest absolute Gasteiger partial charge is 0.253 e. The third kappa shape index (κ3) is 3.34. The quantitative estimate of drug-likeness (QED) is 0.915. The van der Waals surface area contributed by atoms with Crippen molar-refractivity contribution in [2.75, 3.05) is 0 Å². The Hall–Kier alpha value is -2.20. The van der Waals surface area contributed by atoms with Gasteiger partial charge >= 0.3 is 0 Å². The largest absolute Gasteiger partial charge is 0.391 e. The van der Waals surface area contributed by atoms with Crippen LogP contribution in [0.15, 0.2) is 48.8 Å². The van der Waals surface area contributed by atoms with E-state index in [-0.39, 0.29) is 11.9 Å². The van der Waals surface area contributed by atoms with Crippen LogP contribution in [-0.4, -0.2) is 28.1 Å². The van der Waals surface area contributed by atoms with Crippen LogP contribution in [0.2, 0.25) is 0 Å². The van der Waals surface area contributed by atoms with Crippen molar-refractivity contribution in [3.05, 3.63) is 54.4 Å². The number of aliphatic hydroxyl groups excluding tert-OH is 1. The van der Waals surface area contributed by atoms with Gasteiger partial charge in [-0.15, -0.1) is 0 Å². The van der Waals surface area contributed by atoms with Gasteiger partial charge in [0.1, 0.15) is 0 Å². The van der Waals surface area contributed by atoms with Gasteiger partial charge in [-0.25, -0.2) is 0 Å². The van der Waals surface area contributed by atoms with Crippen LogP contribution in [0.4, 0.5) is 0 Å². The summed E-state index contributed by atoms with van der Waals surface area (Å²) in [6, 6.07) is 11.5. The number of aromatic nitrogens is 1. The molecule has 114 valence electrons. The van der Waals surface area contributed by atoms with Crippen LogP contribution in [0.3, 0.4) is 0 Å². The standard InChI is InChI=1S/C18H20N2O2/c21-17-9-5-4-8-16(17)20-18(22)15-10-14(11-19-12-15)13-6-2-1-3-7-13/h1-3,6-7,10-12,16-17,21H,4-5,8-9H2,(H,20,22). The lowest BCUT2D eigenvalue weighted by molar-refractivity contribution is 0.0717. The first kappa shape index (κ1) is 14.7. The Bertz CT molecular complexity index is 643. The zero-order chi connectivity index (χ0) is 15.4. The minimum absolute atomic E-state index is 0.151. The molecule has 0 spiro atoms. The van der Waals surface area contributed by atoms with Crippen molar-refractivity contribution in [1.29, 1.82) is 0 Å². The lowest BCUT2D eigenvalue weighted by atomic mass is 9.92. The van der Waals surface area contributed by atoms with Crippen LogP contribution >= 0.6 is 0 Å². The van der Waals surface area contributed by atoms with Crippen molar-refractivity contribution in [2.24, 2.45) is 0 Å². The number of pyridine rings is 1. The molecular weight excluding hydrogens is 276 g/mol. The number of nitrogens with one attached hydrogen (secondary N) is 1. The second-order valence-electron chi connectivity index (χ2n) is 5.76. The summed E-state index contributed by atoms with van der Waals surface area (Å²) in [6.07, 6.45) is 6.54. The van der Waals surface area contributed by atoms with Crippen molar-refractivity contribution in [3.8, 4) is 11.1 Å². The summed E-state index contributed by atoms with van der Waals surface area (Å²) in [5, 5.41) is 12.9. The van der Waals surface area contributed by atoms with E-state index in [0.717, 1.165) is 36.8 Å². The molecule has 1 aromatic carbocycles. The normalized spacial score (nSPS) is 21.3. The van der Waals surface area contributed by atoms with E-state index in [1.54, 1.807) is 12.4 Å². The van der Waals surface area contributed by atoms with E-state index in [9.17, 15) is 9.90 Å². The SMILES string of the molecule is O=C(NC1CCCCC1O)c1cncc(-c2ccccc2)c1. The summed E-state index contributed by atoms with van der Waals surface area (Å²) in [6.45, 7) is 0. The zero-order valence-corrected chi connectivity index (χ0v) is 12.4. The maximum absolute atomic E-state index is 12.4. The number of hydrogen-bond acceptors (Lipinski definition) is 3. The predicted octanol–water partition coefficient (Wildman–Crippen LogP) is 2.78. The van der Waals surface area contributed by atoms with Gasteiger partial charge in [0, 0.05) is 18.0 Å². The Morgan fingerprint density at radius 3 is 2.64 bits per heavy atom. The minimum Gasteiger partial charge on any atom is -0.391 e. The average molecular weight is 296 g/mol. The molecule has 0 saturated heterocycles. The highest BCUT2D eigenvalue weighted by molar-refractivity contribution is 5.95. The first-order valence-electron chi connectivity index (χ1n) is 7.73. The molecule has 1 aliphatic carbocycles. The summed E-state index contributed by atoms with van der Waals surface area (Å²) in [5.41, 5.74) is 2.47. The average Bonchev–Trinajstić information content (AvgIpc) is 2.58. The number of carbonyl (C=O) groups is 1. The maximum Gasteiger partial charge on any atom is 0.253 e. The van der Waals surface area contributed by atoms with Gasteiger partial charge in [0.25, 0.3) is 5.91 Å². The number of carbonyl (C=O) groups excluding carboxylic acids is 1. The fourth-order valence-corrected chi connectivity index (χ4v) is 2.88. The van der Waals surface area contributed by atoms with E-state index in [2.05, 4.69) is 10.3 Å². The summed E-state index contributed by atoms with van der Waals surface area (Å²) < 4.78 is 0. The second-order valence-corrected chi connectivity index (χ2v) is 5.76. The van der Waals surface area contributed by atoms with Crippen LogP contribution in [-0.2, 0) is 0 Å². The molecule has 0 radical (unpaired) electrons. The molecule has 1 aromatic heterocycles. The number of rotatable bonds is 3. The molecule has 1 heterocycles. The van der Waals surface area contributed by atoms with Crippen LogP contribution < -0.4 is 5.32 Å². The molecule has 22 heavy (non-hydrogen) atoms. The molecule has 1 amide bonds. The fourth-order valence-electron chi connectivity index (χ4n) is 2.88. The predicted molar refractivity (Wildman–Crippen MR) is 85.4 cm³/mol. The topological polar surface area (TPSA) is 62.2 Å². The molecule has 2 unspecified atom stereocenters. The molecule has 3 rings (SSSR count). The monoisotopic (exact) mass is 296 g/mol. The molecule has 0 bridgehead atoms. The van der Waals surface area contributed by atoms with Crippen LogP contribution in [0.25, 0.3) is 11.1 Å². The van der Waals surface area contributed by atoms with Crippen LogP contribution in [0, 0.1) is 0 Å². The molecule has 2 N–H and O–H groups in total. The summed E-state index contributed by atoms with van der Waals surface area (Å²) in [5.74, 6) is -0.170. The number of aliphatic hydroxyl groups is 1. The van der Waals surface area contributed by atoms with E-state index >= 15 is 0 Å². The number of hydrogen-bond donors (Lipinski definition) is 2. The molecule has 0 aliphatic heterocycles. The Morgan fingerprint density at radius 1 is 1.09 bits per heavy atom. The first-order chi connectivity index (χ1) is 10.7. The van der Waals surface area contributed by atoms with E-state index in [0.29, 0.717) is 5.56 Å². The number of nitrogens with zero attached hydrogens (tertiary/aromatic N) is 1. The van der Waals surface area contributed by atoms with Gasteiger partial charge in [0.05, 0.1) is 17.7 Å². The molecule has 1 fully saturated rings. The Labute approximate surface area is 130 Å². The van der Waals surface area contributed by atoms with Gasteiger partial charge in [-0.2, -0.15) is 0 Å². The maximum atomic E-state index is 12.4. The fraction of sp³-hybridized carbons (Fsp3) is 0.333. The number of benzene rings is 1. The lowest BCUT2D eigenvalue weighted by Gasteiger charge is -2.28. The molecule has 1 saturated carbocycles. The van der Waals surface area contributed by atoms with Gasteiger partial charge in [0.2, 0.25) is 0 Å². The van der Waals surface area contributed by atoms with Gasteiger partial charge in [0.15, 0.2) is 0 Å². The minimum atomic E-state index is -0.442. The third-order valence-electron chi connectivity index (χ3n) is 4.15. The van der Waals surface area contributed by atoms with Crippen molar-refractivity contribution < 1.29 is 9.90 Å². The highest BCUT2D eigenvalue weighted by Gasteiger charge is 2.24. The van der Waals surface area contributed by atoms with E-state index in [1.165, 1.54) is 0 Å². The van der Waals surface area contributed by atoms with Gasteiger partial charge in [-0.1, -0.05) is 43.2 Å². The van der Waals surface area contributed by atoms with Crippen molar-refractivity contribution in [2.45, 2.75) is 37.8 Å². The Kier molecular flexibility index (Phi) is 4.49. The molecule has 4 heteroatoms. The molecular formula is C18H20N2O2. The molecule has 2 atom stereocenters. The number of amides is 1. The highest BCUT2D eigenvalue weighted by Crippen LogP contribution is 2.21. The van der Waals surface area contributed by atoms with E-state index < -0.39 is 6.10 Å². The summed E-state index contributed by atoms with van der Waals surface area (Å²) in [7, 11) is 0. The zero-order valence-electron chi connectivity index (χ0n) is 12.4. The van der Waals surface area contributed by atoms with Gasteiger partial charge in [-0.05, 0) is 24.5 Å². The first-order valence-corrected chi connectivity index (χ1v) is 7.73.